The highest BCUT2D eigenvalue weighted by atomic mass is 35.5. The molecule has 0 heterocycles. The molecule has 0 aromatic heterocycles. The number of rotatable bonds is 8. The molecule has 33 heavy (non-hydrogen) atoms. The van der Waals surface area contributed by atoms with Gasteiger partial charge in [-0.05, 0) is 43.7 Å². The van der Waals surface area contributed by atoms with Gasteiger partial charge in [-0.3, -0.25) is 9.10 Å². The quantitative estimate of drug-likeness (QED) is 0.475. The second kappa shape index (κ2) is 10.1. The van der Waals surface area contributed by atoms with Crippen LogP contribution in [0.2, 0.25) is 5.02 Å². The first kappa shape index (κ1) is 24.4. The summed E-state index contributed by atoms with van der Waals surface area (Å²) in [6.45, 7) is 3.70. The van der Waals surface area contributed by atoms with Crippen LogP contribution in [0.4, 0.5) is 11.4 Å². The first-order valence-electron chi connectivity index (χ1n) is 10.1. The Labute approximate surface area is 198 Å². The van der Waals surface area contributed by atoms with Crippen LogP contribution in [0.15, 0.2) is 65.6 Å². The molecule has 0 unspecified atom stereocenters. The van der Waals surface area contributed by atoms with Gasteiger partial charge >= 0.3 is 0 Å². The highest BCUT2D eigenvalue weighted by Gasteiger charge is 2.26. The topological polar surface area (TPSA) is 84.9 Å². The van der Waals surface area contributed by atoms with E-state index in [-0.39, 0.29) is 17.0 Å². The molecule has 3 aromatic carbocycles. The summed E-state index contributed by atoms with van der Waals surface area (Å²) in [5, 5.41) is 3.07. The molecule has 0 aliphatic carbocycles. The largest absolute Gasteiger partial charge is 0.495 e. The summed E-state index contributed by atoms with van der Waals surface area (Å²) in [5.41, 5.74) is 1.60. The second-order valence-corrected chi connectivity index (χ2v) is 9.36. The highest BCUT2D eigenvalue weighted by Crippen LogP contribution is 2.36. The maximum atomic E-state index is 13.5. The van der Waals surface area contributed by atoms with Crippen LogP contribution in [0, 0.1) is 6.92 Å². The third-order valence-corrected chi connectivity index (χ3v) is 7.41. The number of benzene rings is 3. The third-order valence-electron chi connectivity index (χ3n) is 5.07. The number of carbonyl (C=O) groups is 1. The zero-order chi connectivity index (χ0) is 24.2. The van der Waals surface area contributed by atoms with Crippen molar-refractivity contribution >= 4 is 38.9 Å². The monoisotopic (exact) mass is 488 g/mol. The van der Waals surface area contributed by atoms with Crippen molar-refractivity contribution in [2.24, 2.45) is 0 Å². The fourth-order valence-corrected chi connectivity index (χ4v) is 5.33. The van der Waals surface area contributed by atoms with Crippen molar-refractivity contribution in [3.63, 3.8) is 0 Å². The molecule has 0 aliphatic heterocycles. The molecule has 9 heteroatoms. The highest BCUT2D eigenvalue weighted by molar-refractivity contribution is 7.92. The standard InChI is InChI=1S/C24H25ClN2O5S/c1-5-27(18-9-7-6-8-10-18)33(29,30)23-13-17(12-11-16(23)2)24(28)26-20-15-21(31-3)19(25)14-22(20)32-4/h6-15H,5H2,1-4H3,(H,26,28). The molecule has 0 spiro atoms. The van der Waals surface area contributed by atoms with Gasteiger partial charge in [0, 0.05) is 24.2 Å². The molecule has 7 nitrogen and oxygen atoms in total. The van der Waals surface area contributed by atoms with E-state index >= 15 is 0 Å². The Balaban J connectivity index is 1.99. The number of ether oxygens (including phenoxy) is 2. The molecular formula is C24H25ClN2O5S. The lowest BCUT2D eigenvalue weighted by Crippen LogP contribution is -2.31. The summed E-state index contributed by atoms with van der Waals surface area (Å²) >= 11 is 6.13. The average molecular weight is 489 g/mol. The Hall–Kier alpha value is -3.23. The summed E-state index contributed by atoms with van der Waals surface area (Å²) in [5.74, 6) is 0.202. The van der Waals surface area contributed by atoms with E-state index in [0.717, 1.165) is 0 Å². The number of halogens is 1. The first-order valence-corrected chi connectivity index (χ1v) is 12.0. The first-order chi connectivity index (χ1) is 15.7. The van der Waals surface area contributed by atoms with E-state index in [1.54, 1.807) is 56.3 Å². The molecule has 0 aliphatic rings. The lowest BCUT2D eigenvalue weighted by Gasteiger charge is -2.24. The number of anilines is 2. The van der Waals surface area contributed by atoms with Gasteiger partial charge in [0.25, 0.3) is 15.9 Å². The number of aryl methyl sites for hydroxylation is 1. The van der Waals surface area contributed by atoms with Crippen LogP contribution in [0.1, 0.15) is 22.8 Å². The maximum absolute atomic E-state index is 13.5. The molecule has 0 bridgehead atoms. The van der Waals surface area contributed by atoms with E-state index in [9.17, 15) is 13.2 Å². The summed E-state index contributed by atoms with van der Waals surface area (Å²) in [4.78, 5) is 13.1. The van der Waals surface area contributed by atoms with Crippen LogP contribution in [0.3, 0.4) is 0 Å². The Morgan fingerprint density at radius 1 is 1.00 bits per heavy atom. The number of carbonyl (C=O) groups excluding carboxylic acids is 1. The number of para-hydroxylation sites is 1. The summed E-state index contributed by atoms with van der Waals surface area (Å²) < 4.78 is 38.8. The normalized spacial score (nSPS) is 11.1. The minimum Gasteiger partial charge on any atom is -0.495 e. The zero-order valence-corrected chi connectivity index (χ0v) is 20.3. The molecule has 0 radical (unpaired) electrons. The predicted octanol–water partition coefficient (Wildman–Crippen LogP) is 5.13. The van der Waals surface area contributed by atoms with Gasteiger partial charge in [-0.15, -0.1) is 0 Å². The maximum Gasteiger partial charge on any atom is 0.264 e. The van der Waals surface area contributed by atoms with Gasteiger partial charge in [-0.1, -0.05) is 35.9 Å². The molecule has 3 rings (SSSR count). The van der Waals surface area contributed by atoms with Gasteiger partial charge in [0.1, 0.15) is 11.5 Å². The van der Waals surface area contributed by atoms with Crippen molar-refractivity contribution in [2.45, 2.75) is 18.7 Å². The van der Waals surface area contributed by atoms with Crippen molar-refractivity contribution < 1.29 is 22.7 Å². The van der Waals surface area contributed by atoms with Crippen LogP contribution in [-0.4, -0.2) is 35.1 Å². The Morgan fingerprint density at radius 2 is 1.67 bits per heavy atom. The molecule has 3 aromatic rings. The van der Waals surface area contributed by atoms with Gasteiger partial charge in [0.2, 0.25) is 0 Å². The molecule has 1 amide bonds. The van der Waals surface area contributed by atoms with Crippen molar-refractivity contribution in [3.8, 4) is 11.5 Å². The molecule has 1 N–H and O–H groups in total. The fraction of sp³-hybridized carbons (Fsp3) is 0.208. The Morgan fingerprint density at radius 3 is 2.27 bits per heavy atom. The predicted molar refractivity (Wildman–Crippen MR) is 130 cm³/mol. The molecule has 0 saturated carbocycles. The number of methoxy groups -OCH3 is 2. The number of nitrogens with zero attached hydrogens (tertiary/aromatic N) is 1. The number of sulfonamides is 1. The van der Waals surface area contributed by atoms with Crippen molar-refractivity contribution in [1.82, 2.24) is 0 Å². The third kappa shape index (κ3) is 5.07. The average Bonchev–Trinajstić information content (AvgIpc) is 2.81. The van der Waals surface area contributed by atoms with Gasteiger partial charge in [-0.25, -0.2) is 8.42 Å². The van der Waals surface area contributed by atoms with Crippen LogP contribution >= 0.6 is 11.6 Å². The van der Waals surface area contributed by atoms with Crippen LogP contribution < -0.4 is 19.1 Å². The van der Waals surface area contributed by atoms with Crippen LogP contribution in [-0.2, 0) is 10.0 Å². The number of hydrogen-bond acceptors (Lipinski definition) is 5. The summed E-state index contributed by atoms with van der Waals surface area (Å²) in [7, 11) is -0.989. The smallest absolute Gasteiger partial charge is 0.264 e. The lowest BCUT2D eigenvalue weighted by atomic mass is 10.1. The number of hydrogen-bond donors (Lipinski definition) is 1. The molecule has 0 atom stereocenters. The van der Waals surface area contributed by atoms with Crippen LogP contribution in [0.25, 0.3) is 0 Å². The minimum atomic E-state index is -3.90. The summed E-state index contributed by atoms with van der Waals surface area (Å²) in [6, 6.07) is 16.5. The van der Waals surface area contributed by atoms with Gasteiger partial charge < -0.3 is 14.8 Å². The molecule has 0 saturated heterocycles. The zero-order valence-electron chi connectivity index (χ0n) is 18.8. The van der Waals surface area contributed by atoms with Gasteiger partial charge in [0.05, 0.1) is 35.5 Å². The van der Waals surface area contributed by atoms with Gasteiger partial charge in [0.15, 0.2) is 0 Å². The molecule has 174 valence electrons. The van der Waals surface area contributed by atoms with Crippen LogP contribution in [0.5, 0.6) is 11.5 Å². The number of amides is 1. The van der Waals surface area contributed by atoms with E-state index in [0.29, 0.717) is 33.5 Å². The Bertz CT molecular complexity index is 1260. The van der Waals surface area contributed by atoms with Gasteiger partial charge in [-0.2, -0.15) is 0 Å². The SMILES string of the molecule is CCN(c1ccccc1)S(=O)(=O)c1cc(C(=O)Nc2cc(OC)c(Cl)cc2OC)ccc1C. The van der Waals surface area contributed by atoms with E-state index in [1.807, 2.05) is 6.07 Å². The summed E-state index contributed by atoms with van der Waals surface area (Å²) in [6.07, 6.45) is 0. The minimum absolute atomic E-state index is 0.0569. The van der Waals surface area contributed by atoms with E-state index in [4.69, 9.17) is 21.1 Å². The Kier molecular flexibility index (Phi) is 7.50. The molecular weight excluding hydrogens is 464 g/mol. The van der Waals surface area contributed by atoms with E-state index in [1.165, 1.54) is 30.7 Å². The van der Waals surface area contributed by atoms with E-state index < -0.39 is 15.9 Å². The van der Waals surface area contributed by atoms with Crippen molar-refractivity contribution in [1.29, 1.82) is 0 Å². The fourth-order valence-electron chi connectivity index (χ4n) is 3.38. The van der Waals surface area contributed by atoms with Crippen molar-refractivity contribution in [3.05, 3.63) is 76.8 Å². The van der Waals surface area contributed by atoms with E-state index in [2.05, 4.69) is 5.32 Å². The number of nitrogens with one attached hydrogen (secondary N) is 1. The molecule has 0 fully saturated rings. The van der Waals surface area contributed by atoms with Crippen molar-refractivity contribution in [2.75, 3.05) is 30.4 Å². The lowest BCUT2D eigenvalue weighted by molar-refractivity contribution is 0.102. The second-order valence-electron chi connectivity index (χ2n) is 7.13.